The van der Waals surface area contributed by atoms with Crippen molar-refractivity contribution in [1.29, 1.82) is 0 Å². The first-order valence-corrected chi connectivity index (χ1v) is 6.16. The summed E-state index contributed by atoms with van der Waals surface area (Å²) in [7, 11) is 0. The van der Waals surface area contributed by atoms with Crippen LogP contribution in [0.15, 0.2) is 0 Å². The molecule has 0 unspecified atom stereocenters. The van der Waals surface area contributed by atoms with E-state index in [0.29, 0.717) is 6.42 Å². The SMILES string of the molecule is CCCCC(=O)[C@H](C)NC(=O)[C@@H](NO)C(C)C. The number of carbonyl (C=O) groups is 2. The summed E-state index contributed by atoms with van der Waals surface area (Å²) in [6, 6.07) is -1.18. The van der Waals surface area contributed by atoms with Crippen LogP contribution in [0.2, 0.25) is 0 Å². The Balaban J connectivity index is 4.22. The summed E-state index contributed by atoms with van der Waals surface area (Å²) in [5.74, 6) is -0.363. The molecule has 0 saturated heterocycles. The van der Waals surface area contributed by atoms with E-state index >= 15 is 0 Å². The molecule has 0 aliphatic carbocycles. The van der Waals surface area contributed by atoms with Gasteiger partial charge in [0, 0.05) is 6.42 Å². The van der Waals surface area contributed by atoms with Crippen LogP contribution in [0.5, 0.6) is 0 Å². The molecule has 0 aromatic carbocycles. The third-order valence-corrected chi connectivity index (χ3v) is 2.71. The molecule has 0 aromatic heterocycles. The van der Waals surface area contributed by atoms with Gasteiger partial charge in [0.15, 0.2) is 5.78 Å². The zero-order valence-corrected chi connectivity index (χ0v) is 11.1. The fourth-order valence-electron chi connectivity index (χ4n) is 1.46. The van der Waals surface area contributed by atoms with E-state index in [1.807, 2.05) is 26.3 Å². The Hall–Kier alpha value is -0.940. The quantitative estimate of drug-likeness (QED) is 0.562. The largest absolute Gasteiger partial charge is 0.345 e. The lowest BCUT2D eigenvalue weighted by Crippen LogP contribution is -2.50. The zero-order valence-electron chi connectivity index (χ0n) is 11.1. The first kappa shape index (κ1) is 16.1. The number of ketones is 1. The van der Waals surface area contributed by atoms with E-state index in [0.717, 1.165) is 12.8 Å². The van der Waals surface area contributed by atoms with Crippen LogP contribution in [0.4, 0.5) is 0 Å². The topological polar surface area (TPSA) is 78.4 Å². The molecule has 0 saturated carbocycles. The molecular weight excluding hydrogens is 220 g/mol. The van der Waals surface area contributed by atoms with Crippen molar-refractivity contribution in [3.8, 4) is 0 Å². The summed E-state index contributed by atoms with van der Waals surface area (Å²) < 4.78 is 0. The molecule has 5 heteroatoms. The van der Waals surface area contributed by atoms with Crippen LogP contribution in [0, 0.1) is 5.92 Å². The minimum atomic E-state index is -0.684. The number of amides is 1. The molecule has 0 aromatic rings. The predicted octanol–water partition coefficient (Wildman–Crippen LogP) is 1.25. The fourth-order valence-corrected chi connectivity index (χ4v) is 1.46. The second-order valence-electron chi connectivity index (χ2n) is 4.65. The highest BCUT2D eigenvalue weighted by Crippen LogP contribution is 2.03. The van der Waals surface area contributed by atoms with Gasteiger partial charge in [-0.05, 0) is 19.3 Å². The number of nitrogens with one attached hydrogen (secondary N) is 2. The summed E-state index contributed by atoms with van der Waals surface area (Å²) >= 11 is 0. The van der Waals surface area contributed by atoms with Gasteiger partial charge in [0.05, 0.1) is 6.04 Å². The summed E-state index contributed by atoms with van der Waals surface area (Å²) in [6.07, 6.45) is 2.28. The average molecular weight is 244 g/mol. The lowest BCUT2D eigenvalue weighted by molar-refractivity contribution is -0.131. The molecule has 0 heterocycles. The molecule has 17 heavy (non-hydrogen) atoms. The third kappa shape index (κ3) is 5.79. The van der Waals surface area contributed by atoms with E-state index in [1.165, 1.54) is 0 Å². The van der Waals surface area contributed by atoms with E-state index in [4.69, 9.17) is 5.21 Å². The molecule has 3 N–H and O–H groups in total. The molecule has 0 bridgehead atoms. The summed E-state index contributed by atoms with van der Waals surface area (Å²) in [5, 5.41) is 11.5. The third-order valence-electron chi connectivity index (χ3n) is 2.71. The Morgan fingerprint density at radius 1 is 1.24 bits per heavy atom. The first-order chi connectivity index (χ1) is 7.93. The van der Waals surface area contributed by atoms with Crippen molar-refractivity contribution < 1.29 is 14.8 Å². The van der Waals surface area contributed by atoms with Gasteiger partial charge in [0.2, 0.25) is 5.91 Å². The molecule has 100 valence electrons. The van der Waals surface area contributed by atoms with Gasteiger partial charge < -0.3 is 10.5 Å². The predicted molar refractivity (Wildman–Crippen MR) is 65.7 cm³/mol. The summed E-state index contributed by atoms with van der Waals surface area (Å²) in [4.78, 5) is 23.3. The van der Waals surface area contributed by atoms with E-state index in [-0.39, 0.29) is 17.6 Å². The molecule has 0 radical (unpaired) electrons. The first-order valence-electron chi connectivity index (χ1n) is 6.16. The van der Waals surface area contributed by atoms with E-state index < -0.39 is 12.1 Å². The number of hydroxylamine groups is 1. The fraction of sp³-hybridized carbons (Fsp3) is 0.833. The molecule has 2 atom stereocenters. The number of carbonyl (C=O) groups excluding carboxylic acids is 2. The molecule has 0 spiro atoms. The number of hydrogen-bond donors (Lipinski definition) is 3. The summed E-state index contributed by atoms with van der Waals surface area (Å²) in [5.41, 5.74) is 1.97. The van der Waals surface area contributed by atoms with Crippen LogP contribution in [-0.4, -0.2) is 29.0 Å². The van der Waals surface area contributed by atoms with Gasteiger partial charge in [-0.3, -0.25) is 9.59 Å². The van der Waals surface area contributed by atoms with Crippen LogP contribution >= 0.6 is 0 Å². The Bertz CT molecular complexity index is 254. The maximum absolute atomic E-state index is 11.7. The molecule has 1 amide bonds. The number of hydrogen-bond acceptors (Lipinski definition) is 4. The second kappa shape index (κ2) is 8.20. The molecule has 0 rings (SSSR count). The van der Waals surface area contributed by atoms with Crippen LogP contribution in [0.25, 0.3) is 0 Å². The van der Waals surface area contributed by atoms with E-state index in [9.17, 15) is 9.59 Å². The van der Waals surface area contributed by atoms with Gasteiger partial charge in [-0.15, -0.1) is 0 Å². The van der Waals surface area contributed by atoms with Crippen molar-refractivity contribution >= 4 is 11.7 Å². The molecule has 0 aliphatic heterocycles. The van der Waals surface area contributed by atoms with Gasteiger partial charge >= 0.3 is 0 Å². The Morgan fingerprint density at radius 2 is 1.82 bits per heavy atom. The Labute approximate surface area is 103 Å². The molecule has 5 nitrogen and oxygen atoms in total. The highest BCUT2D eigenvalue weighted by atomic mass is 16.5. The average Bonchev–Trinajstić information content (AvgIpc) is 2.25. The van der Waals surface area contributed by atoms with Crippen molar-refractivity contribution in [3.63, 3.8) is 0 Å². The zero-order chi connectivity index (χ0) is 13.4. The van der Waals surface area contributed by atoms with Crippen molar-refractivity contribution in [3.05, 3.63) is 0 Å². The maximum Gasteiger partial charge on any atom is 0.240 e. The van der Waals surface area contributed by atoms with Crippen LogP contribution in [0.3, 0.4) is 0 Å². The minimum absolute atomic E-state index is 0.0284. The Kier molecular flexibility index (Phi) is 7.74. The van der Waals surface area contributed by atoms with Gasteiger partial charge in [-0.2, -0.15) is 5.48 Å². The van der Waals surface area contributed by atoms with Gasteiger partial charge in [0.1, 0.15) is 6.04 Å². The highest BCUT2D eigenvalue weighted by Gasteiger charge is 2.24. The van der Waals surface area contributed by atoms with Crippen molar-refractivity contribution in [2.24, 2.45) is 5.92 Å². The molecule has 0 fully saturated rings. The van der Waals surface area contributed by atoms with Crippen molar-refractivity contribution in [2.45, 2.75) is 59.0 Å². The normalized spacial score (nSPS) is 14.5. The number of unbranched alkanes of at least 4 members (excludes halogenated alkanes) is 1. The highest BCUT2D eigenvalue weighted by molar-refractivity contribution is 5.90. The van der Waals surface area contributed by atoms with Crippen LogP contribution < -0.4 is 10.8 Å². The van der Waals surface area contributed by atoms with Gasteiger partial charge in [-0.1, -0.05) is 27.2 Å². The second-order valence-corrected chi connectivity index (χ2v) is 4.65. The number of Topliss-reactive ketones (excluding diaryl/α,β-unsaturated/α-hetero) is 1. The minimum Gasteiger partial charge on any atom is -0.345 e. The lowest BCUT2D eigenvalue weighted by atomic mass is 10.0. The monoisotopic (exact) mass is 244 g/mol. The van der Waals surface area contributed by atoms with Crippen LogP contribution in [-0.2, 0) is 9.59 Å². The Morgan fingerprint density at radius 3 is 2.24 bits per heavy atom. The number of rotatable bonds is 8. The molecular formula is C12H24N2O3. The van der Waals surface area contributed by atoms with Crippen molar-refractivity contribution in [1.82, 2.24) is 10.8 Å². The van der Waals surface area contributed by atoms with Gasteiger partial charge in [0.25, 0.3) is 0 Å². The van der Waals surface area contributed by atoms with E-state index in [1.54, 1.807) is 6.92 Å². The summed E-state index contributed by atoms with van der Waals surface area (Å²) in [6.45, 7) is 7.32. The smallest absolute Gasteiger partial charge is 0.240 e. The van der Waals surface area contributed by atoms with E-state index in [2.05, 4.69) is 5.32 Å². The van der Waals surface area contributed by atoms with Crippen LogP contribution in [0.1, 0.15) is 47.0 Å². The van der Waals surface area contributed by atoms with Gasteiger partial charge in [-0.25, -0.2) is 0 Å². The maximum atomic E-state index is 11.7. The lowest BCUT2D eigenvalue weighted by Gasteiger charge is -2.21. The molecule has 0 aliphatic rings. The van der Waals surface area contributed by atoms with Crippen molar-refractivity contribution in [2.75, 3.05) is 0 Å². The standard InChI is InChI=1S/C12H24N2O3/c1-5-6-7-10(15)9(4)13-12(16)11(14-17)8(2)3/h8-9,11,14,17H,5-7H2,1-4H3,(H,13,16)/t9-,11-/m0/s1.